The third-order valence-electron chi connectivity index (χ3n) is 5.31. The first-order valence-corrected chi connectivity index (χ1v) is 10.4. The summed E-state index contributed by atoms with van der Waals surface area (Å²) >= 11 is 0. The van der Waals surface area contributed by atoms with Crippen molar-refractivity contribution in [2.45, 2.75) is 56.9 Å². The average molecular weight is 364 g/mol. The second kappa shape index (κ2) is 6.78. The molecule has 0 spiro atoms. The minimum Gasteiger partial charge on any atom is -0.349 e. The molecule has 6 nitrogen and oxygen atoms in total. The number of hydrogen-bond acceptors (Lipinski definition) is 4. The molecule has 2 amide bonds. The molecule has 2 aliphatic rings. The summed E-state index contributed by atoms with van der Waals surface area (Å²) in [7, 11) is -3.85. The fraction of sp³-hybridized carbons (Fsp3) is 0.556. The number of nitrogens with one attached hydrogen (secondary N) is 1. The lowest BCUT2D eigenvalue weighted by atomic mass is 9.83. The van der Waals surface area contributed by atoms with E-state index >= 15 is 0 Å². The van der Waals surface area contributed by atoms with Gasteiger partial charge in [0.05, 0.1) is 5.56 Å². The van der Waals surface area contributed by atoms with Crippen LogP contribution in [0.5, 0.6) is 0 Å². The van der Waals surface area contributed by atoms with Gasteiger partial charge in [0.1, 0.15) is 4.90 Å². The van der Waals surface area contributed by atoms with Gasteiger partial charge >= 0.3 is 0 Å². The highest BCUT2D eigenvalue weighted by Crippen LogP contribution is 2.31. The number of carbonyl (C=O) groups is 2. The molecule has 2 atom stereocenters. The van der Waals surface area contributed by atoms with Gasteiger partial charge in [-0.05, 0) is 43.9 Å². The molecule has 1 heterocycles. The van der Waals surface area contributed by atoms with Crippen molar-refractivity contribution in [3.63, 3.8) is 0 Å². The van der Waals surface area contributed by atoms with Crippen LogP contribution in [0, 0.1) is 5.92 Å². The second-order valence-corrected chi connectivity index (χ2v) is 8.55. The van der Waals surface area contributed by atoms with Crippen molar-refractivity contribution in [3.05, 3.63) is 29.3 Å². The molecule has 3 rings (SSSR count). The Morgan fingerprint density at radius 2 is 1.96 bits per heavy atom. The lowest BCUT2D eigenvalue weighted by Gasteiger charge is -2.31. The van der Waals surface area contributed by atoms with Gasteiger partial charge in [-0.25, -0.2) is 12.7 Å². The summed E-state index contributed by atoms with van der Waals surface area (Å²) in [5.74, 6) is -0.332. The second-order valence-electron chi connectivity index (χ2n) is 6.72. The molecule has 1 N–H and O–H groups in total. The van der Waals surface area contributed by atoms with Crippen LogP contribution in [0.15, 0.2) is 23.1 Å². The number of hydrogen-bond donors (Lipinski definition) is 1. The van der Waals surface area contributed by atoms with Gasteiger partial charge in [-0.1, -0.05) is 26.2 Å². The Morgan fingerprint density at radius 3 is 2.64 bits per heavy atom. The molecule has 7 heteroatoms. The van der Waals surface area contributed by atoms with E-state index in [0.717, 1.165) is 30.0 Å². The van der Waals surface area contributed by atoms with Crippen LogP contribution in [0.1, 0.15) is 66.7 Å². The van der Waals surface area contributed by atoms with Crippen LogP contribution in [0.2, 0.25) is 0 Å². The quantitative estimate of drug-likeness (QED) is 0.890. The molecule has 0 aromatic heterocycles. The van der Waals surface area contributed by atoms with Crippen molar-refractivity contribution in [2.24, 2.45) is 5.92 Å². The van der Waals surface area contributed by atoms with Gasteiger partial charge in [-0.15, -0.1) is 0 Å². The molecular formula is C18H24N2O4S. The maximum absolute atomic E-state index is 12.6. The zero-order valence-corrected chi connectivity index (χ0v) is 15.4. The van der Waals surface area contributed by atoms with Crippen LogP contribution in [-0.2, 0) is 10.0 Å². The molecule has 1 fully saturated rings. The summed E-state index contributed by atoms with van der Waals surface area (Å²) in [6.07, 6.45) is 5.37. The summed E-state index contributed by atoms with van der Waals surface area (Å²) in [6.45, 7) is 3.82. The molecule has 1 aromatic rings. The van der Waals surface area contributed by atoms with E-state index in [1.807, 2.05) is 0 Å². The zero-order valence-electron chi connectivity index (χ0n) is 14.6. The van der Waals surface area contributed by atoms with E-state index in [4.69, 9.17) is 0 Å². The molecule has 25 heavy (non-hydrogen) atoms. The number of carbonyl (C=O) groups excluding carboxylic acids is 2. The molecule has 0 saturated heterocycles. The molecular weight excluding hydrogens is 340 g/mol. The molecule has 0 bridgehead atoms. The number of amides is 2. The van der Waals surface area contributed by atoms with Crippen LogP contribution >= 0.6 is 0 Å². The van der Waals surface area contributed by atoms with E-state index in [1.165, 1.54) is 24.6 Å². The first-order chi connectivity index (χ1) is 11.9. The Morgan fingerprint density at radius 1 is 1.24 bits per heavy atom. The SMILES string of the molecule is CCC1CCCCC1NC(=O)c1ccc2c(c1)S(=O)(=O)N(CC)C2=O. The lowest BCUT2D eigenvalue weighted by Crippen LogP contribution is -2.41. The van der Waals surface area contributed by atoms with E-state index < -0.39 is 15.9 Å². The van der Waals surface area contributed by atoms with E-state index in [0.29, 0.717) is 5.92 Å². The van der Waals surface area contributed by atoms with Gasteiger partial charge < -0.3 is 5.32 Å². The van der Waals surface area contributed by atoms with Crippen molar-refractivity contribution in [1.29, 1.82) is 0 Å². The van der Waals surface area contributed by atoms with Crippen LogP contribution < -0.4 is 5.32 Å². The van der Waals surface area contributed by atoms with Gasteiger partial charge in [-0.3, -0.25) is 9.59 Å². The largest absolute Gasteiger partial charge is 0.349 e. The van der Waals surface area contributed by atoms with Crippen molar-refractivity contribution < 1.29 is 18.0 Å². The third-order valence-corrected chi connectivity index (χ3v) is 7.20. The molecule has 1 saturated carbocycles. The van der Waals surface area contributed by atoms with Gasteiger partial charge in [0.15, 0.2) is 0 Å². The van der Waals surface area contributed by atoms with E-state index in [2.05, 4.69) is 12.2 Å². The summed E-state index contributed by atoms with van der Waals surface area (Å²) < 4.78 is 25.8. The van der Waals surface area contributed by atoms with Crippen LogP contribution in [0.3, 0.4) is 0 Å². The Hall–Kier alpha value is -1.89. The Balaban J connectivity index is 1.86. The van der Waals surface area contributed by atoms with Crippen molar-refractivity contribution in [2.75, 3.05) is 6.54 Å². The maximum Gasteiger partial charge on any atom is 0.268 e. The van der Waals surface area contributed by atoms with Crippen LogP contribution in [0.4, 0.5) is 0 Å². The highest BCUT2D eigenvalue weighted by molar-refractivity contribution is 7.90. The summed E-state index contributed by atoms with van der Waals surface area (Å²) in [4.78, 5) is 24.7. The standard InChI is InChI=1S/C18H24N2O4S/c1-3-12-7-5-6-8-15(12)19-17(21)13-9-10-14-16(11-13)25(23,24)20(4-2)18(14)22/h9-12,15H,3-8H2,1-2H3,(H,19,21). The Labute approximate surface area is 148 Å². The van der Waals surface area contributed by atoms with Crippen molar-refractivity contribution in [3.8, 4) is 0 Å². The minimum atomic E-state index is -3.85. The third kappa shape index (κ3) is 3.05. The number of fused-ring (bicyclic) bond motifs is 1. The first-order valence-electron chi connectivity index (χ1n) is 8.92. The topological polar surface area (TPSA) is 83.6 Å². The van der Waals surface area contributed by atoms with E-state index in [9.17, 15) is 18.0 Å². The van der Waals surface area contributed by atoms with E-state index in [1.54, 1.807) is 6.92 Å². The number of nitrogens with zero attached hydrogens (tertiary/aromatic N) is 1. The minimum absolute atomic E-state index is 0.0670. The van der Waals surface area contributed by atoms with Gasteiger partial charge in [0, 0.05) is 18.2 Å². The first kappa shape index (κ1) is 17.9. The molecule has 0 radical (unpaired) electrons. The zero-order chi connectivity index (χ0) is 18.2. The fourth-order valence-corrected chi connectivity index (χ4v) is 5.47. The Bertz CT molecular complexity index is 803. The number of rotatable bonds is 4. The average Bonchev–Trinajstić information content (AvgIpc) is 2.80. The van der Waals surface area contributed by atoms with Crippen molar-refractivity contribution >= 4 is 21.8 Å². The summed E-state index contributed by atoms with van der Waals surface area (Å²) in [5.41, 5.74) is 0.427. The molecule has 136 valence electrons. The molecule has 1 aliphatic carbocycles. The smallest absolute Gasteiger partial charge is 0.268 e. The van der Waals surface area contributed by atoms with Gasteiger partial charge in [-0.2, -0.15) is 0 Å². The van der Waals surface area contributed by atoms with Crippen molar-refractivity contribution in [1.82, 2.24) is 9.62 Å². The monoisotopic (exact) mass is 364 g/mol. The molecule has 2 unspecified atom stereocenters. The van der Waals surface area contributed by atoms with E-state index in [-0.39, 0.29) is 34.5 Å². The molecule has 1 aliphatic heterocycles. The van der Waals surface area contributed by atoms with Gasteiger partial charge in [0.2, 0.25) is 0 Å². The molecule has 1 aromatic carbocycles. The highest BCUT2D eigenvalue weighted by Gasteiger charge is 2.40. The normalized spacial score (nSPS) is 24.9. The fourth-order valence-electron chi connectivity index (χ4n) is 3.87. The maximum atomic E-state index is 12.6. The number of sulfonamides is 1. The Kier molecular flexibility index (Phi) is 4.86. The predicted molar refractivity (Wildman–Crippen MR) is 93.8 cm³/mol. The summed E-state index contributed by atoms with van der Waals surface area (Å²) in [5, 5.41) is 3.06. The lowest BCUT2D eigenvalue weighted by molar-refractivity contribution is 0.0871. The predicted octanol–water partition coefficient (Wildman–Crippen LogP) is 2.55. The van der Waals surface area contributed by atoms with Crippen LogP contribution in [0.25, 0.3) is 0 Å². The number of benzene rings is 1. The van der Waals surface area contributed by atoms with Gasteiger partial charge in [0.25, 0.3) is 21.8 Å². The van der Waals surface area contributed by atoms with Crippen LogP contribution in [-0.4, -0.2) is 37.1 Å². The summed E-state index contributed by atoms with van der Waals surface area (Å²) in [6, 6.07) is 4.43. The highest BCUT2D eigenvalue weighted by atomic mass is 32.2.